The minimum Gasteiger partial charge on any atom is -0.329 e. The van der Waals surface area contributed by atoms with Crippen molar-refractivity contribution in [3.8, 4) is 5.13 Å². The van der Waals surface area contributed by atoms with Crippen LogP contribution in [-0.4, -0.2) is 30.6 Å². The minimum atomic E-state index is 0.115. The van der Waals surface area contributed by atoms with Crippen molar-refractivity contribution in [3.05, 3.63) is 47.0 Å². The Balaban J connectivity index is 1.82. The highest BCUT2D eigenvalue weighted by Gasteiger charge is 2.18. The molecule has 0 radical (unpaired) electrons. The molecule has 0 atom stereocenters. The van der Waals surface area contributed by atoms with E-state index in [0.717, 1.165) is 27.2 Å². The van der Waals surface area contributed by atoms with E-state index in [9.17, 15) is 4.79 Å². The van der Waals surface area contributed by atoms with Crippen LogP contribution in [-0.2, 0) is 7.05 Å². The fraction of sp³-hybridized carbons (Fsp3) is 0.267. The summed E-state index contributed by atoms with van der Waals surface area (Å²) < 4.78 is 3.94. The molecule has 0 saturated carbocycles. The molecule has 0 bridgehead atoms. The van der Waals surface area contributed by atoms with Gasteiger partial charge in [-0.25, -0.2) is 9.97 Å². The molecule has 0 aromatic carbocycles. The van der Waals surface area contributed by atoms with Crippen LogP contribution >= 0.6 is 23.1 Å². The fourth-order valence-electron chi connectivity index (χ4n) is 2.36. The van der Waals surface area contributed by atoms with Gasteiger partial charge in [-0.2, -0.15) is 0 Å². The summed E-state index contributed by atoms with van der Waals surface area (Å²) in [5.74, 6) is 0.497. The van der Waals surface area contributed by atoms with Crippen molar-refractivity contribution in [2.45, 2.75) is 19.0 Å². The number of rotatable bonds is 5. The summed E-state index contributed by atoms with van der Waals surface area (Å²) in [6.07, 6.45) is 5.39. The second-order valence-corrected chi connectivity index (χ2v) is 6.78. The fourth-order valence-corrected chi connectivity index (χ4v) is 3.93. The Labute approximate surface area is 137 Å². The summed E-state index contributed by atoms with van der Waals surface area (Å²) >= 11 is 3.02. The van der Waals surface area contributed by atoms with Crippen LogP contribution in [0.25, 0.3) is 5.13 Å². The topological polar surface area (TPSA) is 52.7 Å². The number of imidazole rings is 1. The highest BCUT2D eigenvalue weighted by atomic mass is 32.2. The molecule has 0 N–H and O–H groups in total. The van der Waals surface area contributed by atoms with Gasteiger partial charge in [-0.15, -0.1) is 11.3 Å². The summed E-state index contributed by atoms with van der Waals surface area (Å²) in [6, 6.07) is 1.94. The number of nitrogens with zero attached hydrogens (tertiary/aromatic N) is 4. The van der Waals surface area contributed by atoms with Crippen LogP contribution in [0.3, 0.4) is 0 Å². The number of Topliss-reactive ketones (excluding diaryl/α,β-unsaturated/α-hetero) is 1. The number of ketones is 1. The van der Waals surface area contributed by atoms with E-state index in [1.807, 2.05) is 47.7 Å². The number of aryl methyl sites for hydroxylation is 2. The van der Waals surface area contributed by atoms with Crippen LogP contribution in [0.1, 0.15) is 21.7 Å². The van der Waals surface area contributed by atoms with Crippen molar-refractivity contribution in [1.82, 2.24) is 19.1 Å². The molecule has 3 aromatic rings. The molecule has 3 rings (SSSR count). The molecule has 0 saturated heterocycles. The molecule has 0 aliphatic rings. The van der Waals surface area contributed by atoms with Gasteiger partial charge < -0.3 is 4.57 Å². The van der Waals surface area contributed by atoms with Crippen molar-refractivity contribution in [1.29, 1.82) is 0 Å². The van der Waals surface area contributed by atoms with E-state index < -0.39 is 0 Å². The molecule has 7 heteroatoms. The molecule has 0 unspecified atom stereocenters. The number of carbonyl (C=O) groups is 1. The maximum atomic E-state index is 12.5. The van der Waals surface area contributed by atoms with Crippen molar-refractivity contribution in [2.75, 3.05) is 5.75 Å². The summed E-state index contributed by atoms with van der Waals surface area (Å²) in [7, 11) is 1.92. The minimum absolute atomic E-state index is 0.115. The Kier molecular flexibility index (Phi) is 4.17. The highest BCUT2D eigenvalue weighted by Crippen LogP contribution is 2.24. The van der Waals surface area contributed by atoms with Gasteiger partial charge in [0, 0.05) is 48.0 Å². The van der Waals surface area contributed by atoms with Gasteiger partial charge in [0.2, 0.25) is 0 Å². The van der Waals surface area contributed by atoms with Gasteiger partial charge in [-0.05, 0) is 19.9 Å². The Morgan fingerprint density at radius 3 is 2.77 bits per heavy atom. The first-order valence-electron chi connectivity index (χ1n) is 6.80. The number of carbonyl (C=O) groups excluding carboxylic acids is 1. The van der Waals surface area contributed by atoms with Crippen molar-refractivity contribution in [2.24, 2.45) is 7.05 Å². The van der Waals surface area contributed by atoms with Crippen LogP contribution in [0.5, 0.6) is 0 Å². The zero-order valence-corrected chi connectivity index (χ0v) is 14.2. The molecule has 22 heavy (non-hydrogen) atoms. The van der Waals surface area contributed by atoms with Gasteiger partial charge in [0.25, 0.3) is 0 Å². The lowest BCUT2D eigenvalue weighted by Crippen LogP contribution is -2.06. The number of thioether (sulfide) groups is 1. The maximum absolute atomic E-state index is 12.5. The lowest BCUT2D eigenvalue weighted by Gasteiger charge is -2.05. The van der Waals surface area contributed by atoms with Gasteiger partial charge in [-0.3, -0.25) is 9.36 Å². The Morgan fingerprint density at radius 2 is 2.14 bits per heavy atom. The molecular weight excluding hydrogens is 316 g/mol. The maximum Gasteiger partial charge on any atom is 0.193 e. The van der Waals surface area contributed by atoms with E-state index in [4.69, 9.17) is 0 Å². The molecule has 114 valence electrons. The predicted molar refractivity (Wildman–Crippen MR) is 89.2 cm³/mol. The summed E-state index contributed by atoms with van der Waals surface area (Å²) in [6.45, 7) is 3.96. The zero-order valence-electron chi connectivity index (χ0n) is 12.6. The van der Waals surface area contributed by atoms with E-state index in [2.05, 4.69) is 9.97 Å². The molecule has 3 aromatic heterocycles. The van der Waals surface area contributed by atoms with Crippen LogP contribution in [0.2, 0.25) is 0 Å². The molecule has 0 aliphatic heterocycles. The summed E-state index contributed by atoms with van der Waals surface area (Å²) in [4.78, 5) is 21.1. The van der Waals surface area contributed by atoms with Crippen LogP contribution in [0.15, 0.2) is 35.2 Å². The standard InChI is InChI=1S/C15H16N4OS2/c1-10-8-12(11(2)19(10)15-17-5-7-21-15)13(20)9-22-14-16-4-6-18(14)3/h4-8H,9H2,1-3H3. The molecule has 0 fully saturated rings. The Bertz CT molecular complexity index is 802. The Hall–Kier alpha value is -1.86. The first-order valence-corrected chi connectivity index (χ1v) is 8.66. The number of aromatic nitrogens is 4. The Morgan fingerprint density at radius 1 is 1.32 bits per heavy atom. The smallest absolute Gasteiger partial charge is 0.193 e. The third-order valence-electron chi connectivity index (χ3n) is 3.45. The zero-order chi connectivity index (χ0) is 15.7. The lowest BCUT2D eigenvalue weighted by atomic mass is 10.2. The van der Waals surface area contributed by atoms with Gasteiger partial charge in [0.05, 0.1) is 5.75 Å². The molecule has 0 amide bonds. The second-order valence-electron chi connectivity index (χ2n) is 4.97. The normalized spacial score (nSPS) is 11.0. The van der Waals surface area contributed by atoms with Crippen LogP contribution in [0, 0.1) is 13.8 Å². The quantitative estimate of drug-likeness (QED) is 0.531. The molecule has 3 heterocycles. The first-order chi connectivity index (χ1) is 10.6. The first kappa shape index (κ1) is 15.1. The number of thiazole rings is 1. The number of hydrogen-bond donors (Lipinski definition) is 0. The summed E-state index contributed by atoms with van der Waals surface area (Å²) in [5.41, 5.74) is 2.73. The van der Waals surface area contributed by atoms with E-state index in [0.29, 0.717) is 5.75 Å². The van der Waals surface area contributed by atoms with Crippen LogP contribution < -0.4 is 0 Å². The van der Waals surface area contributed by atoms with Crippen molar-refractivity contribution >= 4 is 28.9 Å². The van der Waals surface area contributed by atoms with Crippen molar-refractivity contribution < 1.29 is 4.79 Å². The predicted octanol–water partition coefficient (Wildman–Crippen LogP) is 3.26. The van der Waals surface area contributed by atoms with Gasteiger partial charge in [-0.1, -0.05) is 11.8 Å². The summed E-state index contributed by atoms with van der Waals surface area (Å²) in [5, 5.41) is 3.68. The van der Waals surface area contributed by atoms with Crippen LogP contribution in [0.4, 0.5) is 0 Å². The average molecular weight is 332 g/mol. The van der Waals surface area contributed by atoms with Gasteiger partial charge in [0.1, 0.15) is 0 Å². The highest BCUT2D eigenvalue weighted by molar-refractivity contribution is 7.99. The van der Waals surface area contributed by atoms with E-state index in [-0.39, 0.29) is 5.78 Å². The number of hydrogen-bond acceptors (Lipinski definition) is 5. The van der Waals surface area contributed by atoms with Crippen molar-refractivity contribution in [3.63, 3.8) is 0 Å². The largest absolute Gasteiger partial charge is 0.329 e. The average Bonchev–Trinajstić information content (AvgIpc) is 3.18. The molecular formula is C15H16N4OS2. The SMILES string of the molecule is Cc1cc(C(=O)CSc2nccn2C)c(C)n1-c1nccs1. The second kappa shape index (κ2) is 6.10. The third-order valence-corrected chi connectivity index (χ3v) is 5.27. The molecule has 0 spiro atoms. The van der Waals surface area contributed by atoms with E-state index in [1.54, 1.807) is 23.7 Å². The molecule has 0 aliphatic carbocycles. The van der Waals surface area contributed by atoms with Gasteiger partial charge in [0.15, 0.2) is 16.1 Å². The third kappa shape index (κ3) is 2.74. The van der Waals surface area contributed by atoms with E-state index in [1.165, 1.54) is 11.8 Å². The van der Waals surface area contributed by atoms with Gasteiger partial charge >= 0.3 is 0 Å². The monoisotopic (exact) mass is 332 g/mol. The molecule has 5 nitrogen and oxygen atoms in total. The lowest BCUT2D eigenvalue weighted by molar-refractivity contribution is 0.102. The van der Waals surface area contributed by atoms with E-state index >= 15 is 0 Å².